The van der Waals surface area contributed by atoms with Crippen molar-refractivity contribution >= 4 is 21.7 Å². The number of para-hydroxylation sites is 1. The van der Waals surface area contributed by atoms with Crippen molar-refractivity contribution in [3.63, 3.8) is 0 Å². The number of alkyl halides is 3. The predicted molar refractivity (Wildman–Crippen MR) is 61.3 cm³/mol. The molecule has 0 aliphatic heterocycles. The Bertz CT molecular complexity index is 545. The molecule has 0 spiro atoms. The molecule has 1 rings (SSSR count). The Labute approximate surface area is 107 Å². The quantitative estimate of drug-likeness (QED) is 0.655. The third-order valence-corrected chi connectivity index (χ3v) is 2.76. The number of carbonyl (C=O) groups is 1. The minimum absolute atomic E-state index is 0.218. The zero-order chi connectivity index (χ0) is 14.7. The maximum atomic E-state index is 12.4. The molecule has 0 saturated heterocycles. The lowest BCUT2D eigenvalue weighted by molar-refractivity contribution is -0.220. The first-order valence-corrected chi connectivity index (χ1v) is 6.65. The van der Waals surface area contributed by atoms with Crippen LogP contribution in [0.25, 0.3) is 0 Å². The highest BCUT2D eigenvalue weighted by atomic mass is 32.2. The van der Waals surface area contributed by atoms with E-state index >= 15 is 0 Å². The molecule has 0 aliphatic carbocycles. The molecule has 10 heteroatoms. The van der Waals surface area contributed by atoms with Gasteiger partial charge in [0.2, 0.25) is 10.0 Å². The van der Waals surface area contributed by atoms with Crippen molar-refractivity contribution in [2.75, 3.05) is 11.6 Å². The fourth-order valence-corrected chi connectivity index (χ4v) is 1.73. The maximum absolute atomic E-state index is 12.4. The van der Waals surface area contributed by atoms with E-state index in [0.717, 1.165) is 0 Å². The van der Waals surface area contributed by atoms with E-state index < -0.39 is 26.8 Å². The number of anilines is 1. The summed E-state index contributed by atoms with van der Waals surface area (Å²) in [7, 11) is -4.67. The van der Waals surface area contributed by atoms with Crippen LogP contribution in [-0.4, -0.2) is 31.4 Å². The molecule has 0 unspecified atom stereocenters. The fourth-order valence-electron chi connectivity index (χ4n) is 1.11. The monoisotopic (exact) mass is 297 g/mol. The Hall–Kier alpha value is -1.81. The molecular formula is C9H10F3N3O3S. The van der Waals surface area contributed by atoms with Crippen molar-refractivity contribution in [3.05, 3.63) is 30.3 Å². The molecule has 0 radical (unpaired) electrons. The van der Waals surface area contributed by atoms with Crippen LogP contribution in [0.15, 0.2) is 30.3 Å². The van der Waals surface area contributed by atoms with Crippen molar-refractivity contribution in [3.8, 4) is 0 Å². The summed E-state index contributed by atoms with van der Waals surface area (Å²) in [6.45, 7) is 0. The average molecular weight is 297 g/mol. The number of carbonyl (C=O) groups excluding carboxylic acids is 1. The summed E-state index contributed by atoms with van der Waals surface area (Å²) in [5, 5.41) is 2.06. The van der Waals surface area contributed by atoms with Gasteiger partial charge < -0.3 is 5.32 Å². The second kappa shape index (κ2) is 5.45. The first-order chi connectivity index (χ1) is 8.60. The van der Waals surface area contributed by atoms with Crippen LogP contribution in [0.4, 0.5) is 23.7 Å². The van der Waals surface area contributed by atoms with Crippen LogP contribution in [0.3, 0.4) is 0 Å². The normalized spacial score (nSPS) is 12.3. The maximum Gasteiger partial charge on any atom is 0.491 e. The number of amides is 2. The van der Waals surface area contributed by atoms with E-state index in [1.165, 1.54) is 17.6 Å². The van der Waals surface area contributed by atoms with E-state index in [9.17, 15) is 26.4 Å². The van der Waals surface area contributed by atoms with Gasteiger partial charge in [-0.05, 0) is 16.5 Å². The number of hydrogen-bond acceptors (Lipinski definition) is 3. The third-order valence-electron chi connectivity index (χ3n) is 1.80. The summed E-state index contributed by atoms with van der Waals surface area (Å²) in [6.07, 6.45) is -4.93. The van der Waals surface area contributed by atoms with Gasteiger partial charge in [0.05, 0.1) is 6.26 Å². The molecule has 19 heavy (non-hydrogen) atoms. The van der Waals surface area contributed by atoms with Crippen molar-refractivity contribution in [1.29, 1.82) is 0 Å². The Kier molecular flexibility index (Phi) is 4.37. The van der Waals surface area contributed by atoms with Gasteiger partial charge in [0.1, 0.15) is 0 Å². The highest BCUT2D eigenvalue weighted by Crippen LogP contribution is 2.21. The number of nitrogens with zero attached hydrogens (tertiary/aromatic N) is 1. The summed E-state index contributed by atoms with van der Waals surface area (Å²) in [6, 6.07) is 6.27. The van der Waals surface area contributed by atoms with Crippen molar-refractivity contribution in [2.24, 2.45) is 0 Å². The summed E-state index contributed by atoms with van der Waals surface area (Å²) in [5.41, 5.74) is 1.43. The molecule has 1 aromatic carbocycles. The van der Waals surface area contributed by atoms with Gasteiger partial charge in [-0.15, -0.1) is 0 Å². The van der Waals surface area contributed by atoms with Crippen molar-refractivity contribution in [1.82, 2.24) is 9.84 Å². The lowest BCUT2D eigenvalue weighted by Crippen LogP contribution is -2.54. The number of halogens is 3. The van der Waals surface area contributed by atoms with E-state index in [1.54, 1.807) is 18.2 Å². The Morgan fingerprint density at radius 2 is 1.74 bits per heavy atom. The van der Waals surface area contributed by atoms with Gasteiger partial charge in [-0.3, -0.25) is 0 Å². The Morgan fingerprint density at radius 1 is 1.21 bits per heavy atom. The van der Waals surface area contributed by atoms with E-state index in [0.29, 0.717) is 6.26 Å². The molecule has 0 atom stereocenters. The van der Waals surface area contributed by atoms with E-state index in [-0.39, 0.29) is 5.69 Å². The van der Waals surface area contributed by atoms with Crippen LogP contribution in [0.1, 0.15) is 0 Å². The molecule has 0 saturated carbocycles. The zero-order valence-corrected chi connectivity index (χ0v) is 10.4. The van der Waals surface area contributed by atoms with Gasteiger partial charge >= 0.3 is 12.3 Å². The first-order valence-electron chi connectivity index (χ1n) is 4.80. The summed E-state index contributed by atoms with van der Waals surface area (Å²) in [5.74, 6) is 0. The molecule has 106 valence electrons. The number of sulfonamides is 1. The lowest BCUT2D eigenvalue weighted by atomic mass is 10.3. The molecule has 0 fully saturated rings. The smallest absolute Gasteiger partial charge is 0.307 e. The van der Waals surface area contributed by atoms with Crippen molar-refractivity contribution < 1.29 is 26.4 Å². The molecule has 6 nitrogen and oxygen atoms in total. The second-order valence-electron chi connectivity index (χ2n) is 3.43. The van der Waals surface area contributed by atoms with Gasteiger partial charge in [0, 0.05) is 5.69 Å². The Balaban J connectivity index is 2.79. The SMILES string of the molecule is CS(=O)(=O)N(NC(=O)Nc1ccccc1)C(F)(F)F. The molecular weight excluding hydrogens is 287 g/mol. The molecule has 1 aromatic rings. The molecule has 0 aliphatic rings. The predicted octanol–water partition coefficient (Wildman–Crippen LogP) is 1.50. The van der Waals surface area contributed by atoms with Crippen LogP contribution in [0.2, 0.25) is 0 Å². The highest BCUT2D eigenvalue weighted by molar-refractivity contribution is 7.88. The molecule has 2 N–H and O–H groups in total. The van der Waals surface area contributed by atoms with Gasteiger partial charge in [0.15, 0.2) is 0 Å². The number of hydrazine groups is 1. The zero-order valence-electron chi connectivity index (χ0n) is 9.60. The minimum atomic E-state index is -5.25. The third kappa shape index (κ3) is 4.75. The number of hydrogen-bond donors (Lipinski definition) is 2. The van der Waals surface area contributed by atoms with Crippen LogP contribution in [0.5, 0.6) is 0 Å². The van der Waals surface area contributed by atoms with Gasteiger partial charge in [-0.1, -0.05) is 18.2 Å². The van der Waals surface area contributed by atoms with Crippen LogP contribution in [0, 0.1) is 0 Å². The number of nitrogens with one attached hydrogen (secondary N) is 2. The number of benzene rings is 1. The molecule has 2 amide bonds. The molecule has 0 heterocycles. The van der Waals surface area contributed by atoms with Crippen LogP contribution < -0.4 is 10.7 Å². The first kappa shape index (κ1) is 15.2. The fraction of sp³-hybridized carbons (Fsp3) is 0.222. The van der Waals surface area contributed by atoms with E-state index in [4.69, 9.17) is 0 Å². The Morgan fingerprint density at radius 3 is 2.16 bits per heavy atom. The number of rotatable bonds is 3. The minimum Gasteiger partial charge on any atom is -0.307 e. The molecule has 0 bridgehead atoms. The van der Waals surface area contributed by atoms with E-state index in [1.807, 2.05) is 0 Å². The lowest BCUT2D eigenvalue weighted by Gasteiger charge is -2.22. The largest absolute Gasteiger partial charge is 0.491 e. The van der Waals surface area contributed by atoms with E-state index in [2.05, 4.69) is 5.32 Å². The van der Waals surface area contributed by atoms with Gasteiger partial charge in [-0.2, -0.15) is 13.2 Å². The standard InChI is InChI=1S/C9H10F3N3O3S/c1-19(17,18)15(9(10,11)12)14-8(16)13-7-5-3-2-4-6-7/h2-6H,1H3,(H2,13,14,16). The van der Waals surface area contributed by atoms with Crippen LogP contribution >= 0.6 is 0 Å². The number of urea groups is 1. The van der Waals surface area contributed by atoms with Gasteiger partial charge in [-0.25, -0.2) is 18.6 Å². The van der Waals surface area contributed by atoms with Crippen molar-refractivity contribution in [2.45, 2.75) is 6.30 Å². The summed E-state index contributed by atoms with van der Waals surface area (Å²) >= 11 is 0. The summed E-state index contributed by atoms with van der Waals surface area (Å²) < 4.78 is 58.0. The van der Waals surface area contributed by atoms with Gasteiger partial charge in [0.25, 0.3) is 0 Å². The second-order valence-corrected chi connectivity index (χ2v) is 5.26. The highest BCUT2D eigenvalue weighted by Gasteiger charge is 2.45. The average Bonchev–Trinajstić information content (AvgIpc) is 2.24. The van der Waals surface area contributed by atoms with Crippen LogP contribution in [-0.2, 0) is 10.0 Å². The topological polar surface area (TPSA) is 78.5 Å². The summed E-state index contributed by atoms with van der Waals surface area (Å²) in [4.78, 5) is 11.3. The molecule has 0 aromatic heterocycles.